The van der Waals surface area contributed by atoms with Crippen LogP contribution in [0.15, 0.2) is 29.8 Å². The van der Waals surface area contributed by atoms with E-state index in [9.17, 15) is 8.78 Å². The summed E-state index contributed by atoms with van der Waals surface area (Å²) in [7, 11) is 0. The fraction of sp³-hybridized carbons (Fsp3) is 0.133. The molecule has 1 aromatic heterocycles. The normalized spacial score (nSPS) is 11.0. The highest BCUT2D eigenvalue weighted by Gasteiger charge is 2.14. The van der Waals surface area contributed by atoms with E-state index in [0.29, 0.717) is 5.52 Å². The lowest BCUT2D eigenvalue weighted by molar-refractivity contribution is 0.627. The van der Waals surface area contributed by atoms with E-state index in [4.69, 9.17) is 0 Å². The summed E-state index contributed by atoms with van der Waals surface area (Å²) >= 11 is 1.38. The van der Waals surface area contributed by atoms with Crippen molar-refractivity contribution in [2.75, 3.05) is 5.32 Å². The largest absolute Gasteiger partial charge is 0.350 e. The first-order valence-electron chi connectivity index (χ1n) is 6.11. The maximum atomic E-state index is 14.4. The maximum Gasteiger partial charge on any atom is 0.173 e. The number of aromatic nitrogens is 1. The molecule has 0 saturated heterocycles. The number of halogens is 2. The van der Waals surface area contributed by atoms with Crippen molar-refractivity contribution in [2.24, 2.45) is 0 Å². The Bertz CT molecular complexity index is 796. The van der Waals surface area contributed by atoms with Crippen LogP contribution in [0.5, 0.6) is 0 Å². The van der Waals surface area contributed by atoms with Crippen LogP contribution in [0.25, 0.3) is 10.2 Å². The van der Waals surface area contributed by atoms with Crippen molar-refractivity contribution in [1.82, 2.24) is 4.98 Å². The molecule has 20 heavy (non-hydrogen) atoms. The smallest absolute Gasteiger partial charge is 0.173 e. The van der Waals surface area contributed by atoms with Crippen LogP contribution >= 0.6 is 11.3 Å². The Kier molecular flexibility index (Phi) is 3.14. The van der Waals surface area contributed by atoms with Gasteiger partial charge >= 0.3 is 0 Å². The predicted molar refractivity (Wildman–Crippen MR) is 78.7 cm³/mol. The molecule has 3 rings (SSSR count). The van der Waals surface area contributed by atoms with Crippen LogP contribution in [0, 0.1) is 25.5 Å². The molecule has 5 heteroatoms. The fourth-order valence-electron chi connectivity index (χ4n) is 2.09. The number of anilines is 2. The highest BCUT2D eigenvalue weighted by Crippen LogP contribution is 2.32. The molecule has 1 N–H and O–H groups in total. The molecule has 0 atom stereocenters. The van der Waals surface area contributed by atoms with Crippen molar-refractivity contribution in [2.45, 2.75) is 13.8 Å². The summed E-state index contributed by atoms with van der Waals surface area (Å²) < 4.78 is 29.1. The Morgan fingerprint density at radius 2 is 1.95 bits per heavy atom. The second kappa shape index (κ2) is 4.83. The lowest BCUT2D eigenvalue weighted by atomic mass is 10.1. The molecule has 0 spiro atoms. The van der Waals surface area contributed by atoms with Crippen LogP contribution < -0.4 is 5.32 Å². The lowest BCUT2D eigenvalue weighted by Gasteiger charge is -2.12. The summed E-state index contributed by atoms with van der Waals surface area (Å²) in [6.45, 7) is 3.59. The zero-order valence-electron chi connectivity index (χ0n) is 11.0. The van der Waals surface area contributed by atoms with Gasteiger partial charge in [-0.3, -0.25) is 0 Å². The predicted octanol–water partition coefficient (Wildman–Crippen LogP) is 4.93. The van der Waals surface area contributed by atoms with Crippen LogP contribution in [0.1, 0.15) is 11.1 Å². The van der Waals surface area contributed by atoms with Gasteiger partial charge in [0, 0.05) is 0 Å². The van der Waals surface area contributed by atoms with Gasteiger partial charge in [0.2, 0.25) is 0 Å². The molecule has 0 unspecified atom stereocenters. The zero-order chi connectivity index (χ0) is 14.3. The molecule has 102 valence electrons. The van der Waals surface area contributed by atoms with Gasteiger partial charge in [0.05, 0.1) is 21.6 Å². The molecule has 0 amide bonds. The Hall–Kier alpha value is -2.01. The minimum absolute atomic E-state index is 0.257. The standard InChI is InChI=1S/C15H12F2N2S/c1-8-3-4-11(10(16)5-8)19-14-9(2)6-12-15(13(14)17)18-7-20-12/h3-7,19H,1-2H3. The molecule has 3 aromatic rings. The van der Waals surface area contributed by atoms with Gasteiger partial charge in [-0.15, -0.1) is 11.3 Å². The monoisotopic (exact) mass is 290 g/mol. The molecule has 0 fully saturated rings. The van der Waals surface area contributed by atoms with Crippen molar-refractivity contribution in [3.05, 3.63) is 52.5 Å². The summed E-state index contributed by atoms with van der Waals surface area (Å²) in [5.74, 6) is -0.844. The first-order valence-corrected chi connectivity index (χ1v) is 6.99. The number of fused-ring (bicyclic) bond motifs is 1. The SMILES string of the molecule is Cc1ccc(Nc2c(C)cc3scnc3c2F)c(F)c1. The Morgan fingerprint density at radius 1 is 1.15 bits per heavy atom. The highest BCUT2D eigenvalue weighted by atomic mass is 32.1. The van der Waals surface area contributed by atoms with Crippen molar-refractivity contribution in [3.8, 4) is 0 Å². The van der Waals surface area contributed by atoms with E-state index >= 15 is 0 Å². The molecular weight excluding hydrogens is 278 g/mol. The second-order valence-corrected chi connectivity index (χ2v) is 5.58. The van der Waals surface area contributed by atoms with E-state index in [0.717, 1.165) is 15.8 Å². The van der Waals surface area contributed by atoms with Crippen molar-refractivity contribution in [1.29, 1.82) is 0 Å². The third-order valence-corrected chi connectivity index (χ3v) is 3.92. The number of hydrogen-bond acceptors (Lipinski definition) is 3. The molecule has 0 aliphatic carbocycles. The van der Waals surface area contributed by atoms with Gasteiger partial charge in [-0.05, 0) is 43.2 Å². The topological polar surface area (TPSA) is 24.9 Å². The number of nitrogens with one attached hydrogen (secondary N) is 1. The first-order chi connectivity index (χ1) is 9.56. The van der Waals surface area contributed by atoms with Gasteiger partial charge < -0.3 is 5.32 Å². The summed E-state index contributed by atoms with van der Waals surface area (Å²) in [5.41, 5.74) is 3.98. The molecule has 2 nitrogen and oxygen atoms in total. The minimum Gasteiger partial charge on any atom is -0.350 e. The van der Waals surface area contributed by atoms with Gasteiger partial charge in [0.25, 0.3) is 0 Å². The number of rotatable bonds is 2. The van der Waals surface area contributed by atoms with Gasteiger partial charge in [0.15, 0.2) is 5.82 Å². The van der Waals surface area contributed by atoms with Gasteiger partial charge in [0.1, 0.15) is 11.3 Å². The Labute approximate surface area is 119 Å². The van der Waals surface area contributed by atoms with Crippen LogP contribution in [0.3, 0.4) is 0 Å². The Morgan fingerprint density at radius 3 is 2.70 bits per heavy atom. The van der Waals surface area contributed by atoms with Crippen molar-refractivity contribution < 1.29 is 8.78 Å². The van der Waals surface area contributed by atoms with Gasteiger partial charge in [-0.1, -0.05) is 6.07 Å². The Balaban J connectivity index is 2.10. The molecule has 0 aliphatic heterocycles. The number of aryl methyl sites for hydroxylation is 2. The summed E-state index contributed by atoms with van der Waals surface area (Å²) in [4.78, 5) is 4.01. The second-order valence-electron chi connectivity index (χ2n) is 4.69. The zero-order valence-corrected chi connectivity index (χ0v) is 11.8. The van der Waals surface area contributed by atoms with Crippen molar-refractivity contribution >= 4 is 32.9 Å². The van der Waals surface area contributed by atoms with Gasteiger partial charge in [-0.25, -0.2) is 13.8 Å². The summed E-state index contributed by atoms with van der Waals surface area (Å²) in [6.07, 6.45) is 0. The van der Waals surface area contributed by atoms with E-state index in [1.165, 1.54) is 17.4 Å². The quantitative estimate of drug-likeness (QED) is 0.723. The molecule has 0 aliphatic rings. The first kappa shape index (κ1) is 13.0. The average Bonchev–Trinajstić information content (AvgIpc) is 2.85. The third-order valence-electron chi connectivity index (χ3n) is 3.15. The van der Waals surface area contributed by atoms with Crippen LogP contribution in [-0.4, -0.2) is 4.98 Å². The number of nitrogens with zero attached hydrogens (tertiary/aromatic N) is 1. The highest BCUT2D eigenvalue weighted by molar-refractivity contribution is 7.16. The van der Waals surface area contributed by atoms with Crippen LogP contribution in [0.2, 0.25) is 0 Å². The van der Waals surface area contributed by atoms with E-state index in [1.807, 2.05) is 6.07 Å². The minimum atomic E-state index is -0.443. The van der Waals surface area contributed by atoms with E-state index in [-0.39, 0.29) is 11.4 Å². The maximum absolute atomic E-state index is 14.4. The number of thiazole rings is 1. The van der Waals surface area contributed by atoms with E-state index in [2.05, 4.69) is 10.3 Å². The molecule has 0 saturated carbocycles. The van der Waals surface area contributed by atoms with Crippen molar-refractivity contribution in [3.63, 3.8) is 0 Å². The summed E-state index contributed by atoms with van der Waals surface area (Å²) in [6, 6.07) is 6.65. The van der Waals surface area contributed by atoms with E-state index < -0.39 is 11.6 Å². The molecule has 2 aromatic carbocycles. The third kappa shape index (κ3) is 2.14. The van der Waals surface area contributed by atoms with E-state index in [1.54, 1.807) is 31.5 Å². The molecule has 0 radical (unpaired) electrons. The molecule has 0 bridgehead atoms. The van der Waals surface area contributed by atoms with Gasteiger partial charge in [-0.2, -0.15) is 0 Å². The van der Waals surface area contributed by atoms with Crippen LogP contribution in [-0.2, 0) is 0 Å². The summed E-state index contributed by atoms with van der Waals surface area (Å²) in [5, 5.41) is 2.83. The molecular formula is C15H12F2N2S. The lowest BCUT2D eigenvalue weighted by Crippen LogP contribution is -2.00. The fourth-order valence-corrected chi connectivity index (χ4v) is 2.86. The van der Waals surface area contributed by atoms with Crippen LogP contribution in [0.4, 0.5) is 20.2 Å². The number of hydrogen-bond donors (Lipinski definition) is 1. The number of benzene rings is 2. The average molecular weight is 290 g/mol. The molecule has 1 heterocycles.